The minimum Gasteiger partial charge on any atom is -0.367 e. The van der Waals surface area contributed by atoms with Gasteiger partial charge in [-0.3, -0.25) is 0 Å². The van der Waals surface area contributed by atoms with Crippen molar-refractivity contribution < 1.29 is 9.47 Å². The molecule has 2 nitrogen and oxygen atoms in total. The zero-order valence-electron chi connectivity index (χ0n) is 22.4. The van der Waals surface area contributed by atoms with Crippen molar-refractivity contribution in [1.29, 1.82) is 0 Å². The summed E-state index contributed by atoms with van der Waals surface area (Å²) in [5.74, 6) is 0. The highest BCUT2D eigenvalue weighted by molar-refractivity contribution is 5.08. The van der Waals surface area contributed by atoms with Crippen LogP contribution in [0.3, 0.4) is 0 Å². The van der Waals surface area contributed by atoms with Crippen molar-refractivity contribution in [3.63, 3.8) is 0 Å². The van der Waals surface area contributed by atoms with Crippen molar-refractivity contribution in [1.82, 2.24) is 0 Å². The number of epoxide rings is 2. The molecule has 2 fully saturated rings. The molecule has 2 aliphatic rings. The smallest absolute Gasteiger partial charge is 0.0923 e. The molecular weight excluding hydrogens is 392 g/mol. The summed E-state index contributed by atoms with van der Waals surface area (Å²) in [6.07, 6.45) is 22.1. The highest BCUT2D eigenvalue weighted by Crippen LogP contribution is 2.43. The van der Waals surface area contributed by atoms with Crippen molar-refractivity contribution in [3.8, 4) is 0 Å². The molecule has 2 rings (SSSR count). The second-order valence-electron chi connectivity index (χ2n) is 11.3. The van der Waals surface area contributed by atoms with E-state index in [-0.39, 0.29) is 11.2 Å². The normalized spacial score (nSPS) is 27.4. The number of ether oxygens (including phenoxy) is 2. The first-order chi connectivity index (χ1) is 15.0. The molecule has 182 valence electrons. The SMILES string of the molecule is CC(C)=CCC[C@@]1(C)O[C@@H]1CC/C(C)=C/CC/C=C(\C)CC/C=C(\C)CC[C@H]1OC1(C)C. The Bertz CT molecular complexity index is 717. The second-order valence-corrected chi connectivity index (χ2v) is 11.3. The van der Waals surface area contributed by atoms with E-state index in [4.69, 9.17) is 9.47 Å². The summed E-state index contributed by atoms with van der Waals surface area (Å²) < 4.78 is 11.7. The van der Waals surface area contributed by atoms with Crippen molar-refractivity contribution in [2.45, 2.75) is 143 Å². The van der Waals surface area contributed by atoms with Gasteiger partial charge in [-0.15, -0.1) is 0 Å². The molecule has 0 bridgehead atoms. The summed E-state index contributed by atoms with van der Waals surface area (Å²) in [6.45, 7) is 17.8. The lowest BCUT2D eigenvalue weighted by atomic mass is 9.96. The van der Waals surface area contributed by atoms with Gasteiger partial charge in [-0.2, -0.15) is 0 Å². The van der Waals surface area contributed by atoms with E-state index in [0.717, 1.165) is 38.5 Å². The monoisotopic (exact) mass is 442 g/mol. The zero-order chi connectivity index (χ0) is 23.8. The van der Waals surface area contributed by atoms with Gasteiger partial charge in [-0.25, -0.2) is 0 Å². The molecule has 2 heteroatoms. The zero-order valence-corrected chi connectivity index (χ0v) is 22.4. The maximum atomic E-state index is 6.01. The largest absolute Gasteiger partial charge is 0.367 e. The number of rotatable bonds is 15. The molecule has 0 radical (unpaired) electrons. The molecule has 0 aromatic rings. The summed E-state index contributed by atoms with van der Waals surface area (Å²) in [5.41, 5.74) is 6.20. The Hall–Kier alpha value is -1.12. The van der Waals surface area contributed by atoms with Crippen molar-refractivity contribution >= 4 is 0 Å². The Labute approximate surface area is 199 Å². The van der Waals surface area contributed by atoms with Crippen LogP contribution in [0.1, 0.15) is 120 Å². The highest BCUT2D eigenvalue weighted by atomic mass is 16.6. The van der Waals surface area contributed by atoms with E-state index in [1.165, 1.54) is 48.0 Å². The van der Waals surface area contributed by atoms with E-state index >= 15 is 0 Å². The summed E-state index contributed by atoms with van der Waals surface area (Å²) in [5, 5.41) is 0. The molecule has 0 N–H and O–H groups in total. The van der Waals surface area contributed by atoms with Gasteiger partial charge in [0.15, 0.2) is 0 Å². The minimum atomic E-state index is 0.126. The molecule has 0 amide bonds. The van der Waals surface area contributed by atoms with E-state index in [2.05, 4.69) is 79.7 Å². The third-order valence-electron chi connectivity index (χ3n) is 7.18. The summed E-state index contributed by atoms with van der Waals surface area (Å²) >= 11 is 0. The highest BCUT2D eigenvalue weighted by Gasteiger charge is 2.50. The van der Waals surface area contributed by atoms with E-state index < -0.39 is 0 Å². The van der Waals surface area contributed by atoms with Crippen LogP contribution in [0, 0.1) is 0 Å². The second kappa shape index (κ2) is 12.4. The number of allylic oxidation sites excluding steroid dienone is 8. The molecule has 0 aromatic carbocycles. The van der Waals surface area contributed by atoms with Gasteiger partial charge in [0.25, 0.3) is 0 Å². The van der Waals surface area contributed by atoms with Gasteiger partial charge < -0.3 is 9.47 Å². The predicted octanol–water partition coefficient (Wildman–Crippen LogP) is 9.03. The van der Waals surface area contributed by atoms with E-state index in [0.29, 0.717) is 12.2 Å². The molecule has 32 heavy (non-hydrogen) atoms. The molecular formula is C30H50O2. The lowest BCUT2D eigenvalue weighted by Gasteiger charge is -2.05. The van der Waals surface area contributed by atoms with Gasteiger partial charge in [0, 0.05) is 0 Å². The molecule has 0 unspecified atom stereocenters. The first-order valence-corrected chi connectivity index (χ1v) is 13.0. The summed E-state index contributed by atoms with van der Waals surface area (Å²) in [7, 11) is 0. The van der Waals surface area contributed by atoms with Gasteiger partial charge in [-0.1, -0.05) is 46.6 Å². The fraction of sp³-hybridized carbons (Fsp3) is 0.733. The lowest BCUT2D eigenvalue weighted by molar-refractivity contribution is 0.295. The number of hydrogen-bond acceptors (Lipinski definition) is 2. The van der Waals surface area contributed by atoms with Crippen LogP contribution in [-0.4, -0.2) is 23.4 Å². The first kappa shape index (κ1) is 27.1. The lowest BCUT2D eigenvalue weighted by Crippen LogP contribution is -2.09. The third-order valence-corrected chi connectivity index (χ3v) is 7.18. The summed E-state index contributed by atoms with van der Waals surface area (Å²) in [4.78, 5) is 0. The van der Waals surface area contributed by atoms with Crippen molar-refractivity contribution in [3.05, 3.63) is 46.6 Å². The molecule has 3 atom stereocenters. The van der Waals surface area contributed by atoms with Crippen LogP contribution >= 0.6 is 0 Å². The van der Waals surface area contributed by atoms with Crippen LogP contribution in [0.4, 0.5) is 0 Å². The van der Waals surface area contributed by atoms with Crippen molar-refractivity contribution in [2.24, 2.45) is 0 Å². The van der Waals surface area contributed by atoms with Crippen LogP contribution in [-0.2, 0) is 9.47 Å². The first-order valence-electron chi connectivity index (χ1n) is 13.0. The number of unbranched alkanes of at least 4 members (excludes halogenated alkanes) is 1. The van der Waals surface area contributed by atoms with Gasteiger partial charge in [0.1, 0.15) is 0 Å². The van der Waals surface area contributed by atoms with Gasteiger partial charge >= 0.3 is 0 Å². The summed E-state index contributed by atoms with van der Waals surface area (Å²) in [6, 6.07) is 0. The molecule has 0 saturated carbocycles. The van der Waals surface area contributed by atoms with Gasteiger partial charge in [0.05, 0.1) is 23.4 Å². The average Bonchev–Trinajstić information content (AvgIpc) is 3.55. The van der Waals surface area contributed by atoms with E-state index in [9.17, 15) is 0 Å². The van der Waals surface area contributed by atoms with Crippen LogP contribution in [0.5, 0.6) is 0 Å². The van der Waals surface area contributed by atoms with E-state index in [1.807, 2.05) is 0 Å². The Balaban J connectivity index is 1.54. The van der Waals surface area contributed by atoms with E-state index in [1.54, 1.807) is 0 Å². The van der Waals surface area contributed by atoms with Gasteiger partial charge in [0.2, 0.25) is 0 Å². The van der Waals surface area contributed by atoms with Crippen LogP contribution < -0.4 is 0 Å². The molecule has 2 heterocycles. The average molecular weight is 443 g/mol. The topological polar surface area (TPSA) is 25.1 Å². The molecule has 0 spiro atoms. The minimum absolute atomic E-state index is 0.126. The Morgan fingerprint density at radius 2 is 1.12 bits per heavy atom. The fourth-order valence-corrected chi connectivity index (χ4v) is 4.49. The molecule has 2 saturated heterocycles. The van der Waals surface area contributed by atoms with Crippen LogP contribution in [0.2, 0.25) is 0 Å². The van der Waals surface area contributed by atoms with Crippen LogP contribution in [0.25, 0.3) is 0 Å². The van der Waals surface area contributed by atoms with Crippen molar-refractivity contribution in [2.75, 3.05) is 0 Å². The Kier molecular flexibility index (Phi) is 10.5. The number of hydrogen-bond donors (Lipinski definition) is 0. The van der Waals surface area contributed by atoms with Gasteiger partial charge in [-0.05, 0) is 120 Å². The predicted molar refractivity (Wildman–Crippen MR) is 139 cm³/mol. The molecule has 2 aliphatic heterocycles. The molecule has 0 aliphatic carbocycles. The third kappa shape index (κ3) is 10.2. The Morgan fingerprint density at radius 1 is 0.625 bits per heavy atom. The maximum absolute atomic E-state index is 6.01. The standard InChI is InChI=1S/C30H50O2/c1-23(2)13-12-22-30(8)28(32-30)21-19-25(4)15-10-9-14-24(3)16-11-17-26(5)18-20-27-29(6,7)31-27/h13-15,17,27-28H,9-12,16,18-22H2,1-8H3/b24-14+,25-15+,26-17+/t27-,28-,30-/m1/s1. The molecule has 0 aromatic heterocycles. The quantitative estimate of drug-likeness (QED) is 0.143. The maximum Gasteiger partial charge on any atom is 0.0923 e. The van der Waals surface area contributed by atoms with Crippen LogP contribution in [0.15, 0.2) is 46.6 Å². The fourth-order valence-electron chi connectivity index (χ4n) is 4.49. The Morgan fingerprint density at radius 3 is 1.66 bits per heavy atom.